The first-order valence-corrected chi connectivity index (χ1v) is 10.3. The van der Waals surface area contributed by atoms with Crippen LogP contribution in [0, 0.1) is 5.92 Å². The van der Waals surface area contributed by atoms with E-state index in [1.54, 1.807) is 7.11 Å². The normalized spacial score (nSPS) is 15.4. The van der Waals surface area contributed by atoms with E-state index in [1.165, 1.54) is 31.0 Å². The van der Waals surface area contributed by atoms with Gasteiger partial charge in [-0.05, 0) is 51.0 Å². The van der Waals surface area contributed by atoms with Crippen molar-refractivity contribution in [2.45, 2.75) is 57.1 Å². The van der Waals surface area contributed by atoms with E-state index in [-0.39, 0.29) is 12.0 Å². The third-order valence-electron chi connectivity index (χ3n) is 4.93. The highest BCUT2D eigenvalue weighted by atomic mass is 32.2. The Morgan fingerprint density at radius 3 is 2.50 bits per heavy atom. The van der Waals surface area contributed by atoms with Gasteiger partial charge in [-0.25, -0.2) is 0 Å². The van der Waals surface area contributed by atoms with Crippen molar-refractivity contribution in [1.82, 2.24) is 14.8 Å². The summed E-state index contributed by atoms with van der Waals surface area (Å²) in [6, 6.07) is 8.05. The number of Topliss-reactive ketones (excluding diaryl/α,β-unsaturated/α-hetero) is 1. The molecule has 1 aliphatic carbocycles. The zero-order valence-corrected chi connectivity index (χ0v) is 16.6. The lowest BCUT2D eigenvalue weighted by atomic mass is 9.87. The van der Waals surface area contributed by atoms with Gasteiger partial charge in [0.05, 0.1) is 12.9 Å². The molecule has 1 fully saturated rings. The molecular formula is C20H27N3O2S. The Hall–Kier alpha value is -1.82. The number of ketones is 1. The smallest absolute Gasteiger partial charge is 0.192 e. The third kappa shape index (κ3) is 4.29. The van der Waals surface area contributed by atoms with Gasteiger partial charge in [-0.2, -0.15) is 0 Å². The van der Waals surface area contributed by atoms with E-state index >= 15 is 0 Å². The number of hydrogen-bond donors (Lipinski definition) is 0. The Morgan fingerprint density at radius 1 is 1.19 bits per heavy atom. The van der Waals surface area contributed by atoms with Crippen LogP contribution in [0.1, 0.15) is 52.0 Å². The second kappa shape index (κ2) is 8.71. The van der Waals surface area contributed by atoms with E-state index in [9.17, 15) is 4.79 Å². The maximum absolute atomic E-state index is 12.5. The van der Waals surface area contributed by atoms with Crippen molar-refractivity contribution in [2.24, 2.45) is 5.92 Å². The molecule has 5 nitrogen and oxygen atoms in total. The molecule has 0 amide bonds. The van der Waals surface area contributed by atoms with Crippen LogP contribution >= 0.6 is 11.8 Å². The van der Waals surface area contributed by atoms with Gasteiger partial charge >= 0.3 is 0 Å². The zero-order chi connectivity index (χ0) is 18.5. The summed E-state index contributed by atoms with van der Waals surface area (Å²) in [7, 11) is 1.66. The van der Waals surface area contributed by atoms with E-state index in [0.717, 1.165) is 35.1 Å². The van der Waals surface area contributed by atoms with Gasteiger partial charge in [0.25, 0.3) is 0 Å². The van der Waals surface area contributed by atoms with Crippen LogP contribution in [0.2, 0.25) is 0 Å². The van der Waals surface area contributed by atoms with Crippen LogP contribution in [-0.4, -0.2) is 33.4 Å². The minimum absolute atomic E-state index is 0.217. The van der Waals surface area contributed by atoms with E-state index in [4.69, 9.17) is 4.74 Å². The largest absolute Gasteiger partial charge is 0.497 e. The molecule has 1 aliphatic rings. The second-order valence-corrected chi connectivity index (χ2v) is 8.03. The quantitative estimate of drug-likeness (QED) is 0.654. The van der Waals surface area contributed by atoms with Crippen LogP contribution in [0.3, 0.4) is 0 Å². The van der Waals surface area contributed by atoms with Crippen LogP contribution in [0.15, 0.2) is 29.4 Å². The number of benzene rings is 1. The van der Waals surface area contributed by atoms with Crippen molar-refractivity contribution in [1.29, 1.82) is 0 Å². The van der Waals surface area contributed by atoms with Gasteiger partial charge in [-0.3, -0.25) is 9.36 Å². The average molecular weight is 374 g/mol. The third-order valence-corrected chi connectivity index (χ3v) is 5.90. The molecular weight excluding hydrogens is 346 g/mol. The Bertz CT molecular complexity index is 734. The number of hydrogen-bond acceptors (Lipinski definition) is 5. The monoisotopic (exact) mass is 373 g/mol. The number of rotatable bonds is 7. The average Bonchev–Trinajstić information content (AvgIpc) is 3.11. The first-order chi connectivity index (χ1) is 12.6. The van der Waals surface area contributed by atoms with Crippen molar-refractivity contribution in [3.63, 3.8) is 0 Å². The van der Waals surface area contributed by atoms with Gasteiger partial charge in [0.2, 0.25) is 0 Å². The molecule has 0 saturated heterocycles. The summed E-state index contributed by atoms with van der Waals surface area (Å²) in [5, 5.41) is 9.57. The highest BCUT2D eigenvalue weighted by Gasteiger charge is 2.23. The number of thioether (sulfide) groups is 1. The number of carbonyl (C=O) groups excluding carboxylic acids is 1. The van der Waals surface area contributed by atoms with Crippen LogP contribution < -0.4 is 4.74 Å². The van der Waals surface area contributed by atoms with Crippen molar-refractivity contribution >= 4 is 17.5 Å². The molecule has 0 bridgehead atoms. The summed E-state index contributed by atoms with van der Waals surface area (Å²) in [5.74, 6) is 2.73. The summed E-state index contributed by atoms with van der Waals surface area (Å²) >= 11 is 1.52. The first kappa shape index (κ1) is 19.0. The SMILES string of the molecule is COc1ccc(-c2nnc(SCC(=O)C3CCCCC3)n2C(C)C)cc1. The topological polar surface area (TPSA) is 57.0 Å². The molecule has 0 unspecified atom stereocenters. The minimum atomic E-state index is 0.217. The van der Waals surface area contributed by atoms with Gasteiger partial charge in [-0.1, -0.05) is 31.0 Å². The molecule has 0 atom stereocenters. The standard InChI is InChI=1S/C20H27N3O2S/c1-14(2)23-19(16-9-11-17(25-3)12-10-16)21-22-20(23)26-13-18(24)15-7-5-4-6-8-15/h9-12,14-15H,4-8,13H2,1-3H3. The zero-order valence-electron chi connectivity index (χ0n) is 15.8. The highest BCUT2D eigenvalue weighted by molar-refractivity contribution is 7.99. The lowest BCUT2D eigenvalue weighted by Crippen LogP contribution is -2.19. The predicted molar refractivity (Wildman–Crippen MR) is 105 cm³/mol. The molecule has 0 N–H and O–H groups in total. The van der Waals surface area contributed by atoms with E-state index in [1.807, 2.05) is 24.3 Å². The van der Waals surface area contributed by atoms with Crippen LogP contribution in [0.5, 0.6) is 5.75 Å². The van der Waals surface area contributed by atoms with Gasteiger partial charge < -0.3 is 4.74 Å². The Kier molecular flexibility index (Phi) is 6.35. The maximum Gasteiger partial charge on any atom is 0.192 e. The molecule has 140 valence electrons. The molecule has 1 aromatic carbocycles. The summed E-state index contributed by atoms with van der Waals surface area (Å²) in [5.41, 5.74) is 0.998. The fraction of sp³-hybridized carbons (Fsp3) is 0.550. The summed E-state index contributed by atoms with van der Waals surface area (Å²) in [6.45, 7) is 4.23. The Balaban J connectivity index is 1.75. The van der Waals surface area contributed by atoms with Crippen molar-refractivity contribution in [3.8, 4) is 17.1 Å². The van der Waals surface area contributed by atoms with Gasteiger partial charge in [0, 0.05) is 17.5 Å². The summed E-state index contributed by atoms with van der Waals surface area (Å²) < 4.78 is 7.34. The van der Waals surface area contributed by atoms with Crippen molar-refractivity contribution in [3.05, 3.63) is 24.3 Å². The van der Waals surface area contributed by atoms with Crippen molar-refractivity contribution in [2.75, 3.05) is 12.9 Å². The molecule has 1 aromatic heterocycles. The number of carbonyl (C=O) groups is 1. The van der Waals surface area contributed by atoms with Crippen molar-refractivity contribution < 1.29 is 9.53 Å². The minimum Gasteiger partial charge on any atom is -0.497 e. The lowest BCUT2D eigenvalue weighted by Gasteiger charge is -2.20. The predicted octanol–water partition coefficient (Wildman–Crippen LogP) is 4.78. The second-order valence-electron chi connectivity index (χ2n) is 7.09. The van der Waals surface area contributed by atoms with Crippen LogP contribution in [-0.2, 0) is 4.79 Å². The maximum atomic E-state index is 12.5. The highest BCUT2D eigenvalue weighted by Crippen LogP contribution is 2.30. The molecule has 0 radical (unpaired) electrons. The molecule has 26 heavy (non-hydrogen) atoms. The van der Waals surface area contributed by atoms with Crippen LogP contribution in [0.4, 0.5) is 0 Å². The summed E-state index contributed by atoms with van der Waals surface area (Å²) in [6.07, 6.45) is 5.74. The fourth-order valence-corrected chi connectivity index (χ4v) is 4.50. The first-order valence-electron chi connectivity index (χ1n) is 9.35. The Morgan fingerprint density at radius 2 is 1.88 bits per heavy atom. The molecule has 1 saturated carbocycles. The molecule has 0 spiro atoms. The van der Waals surface area contributed by atoms with E-state index < -0.39 is 0 Å². The molecule has 2 aromatic rings. The number of methoxy groups -OCH3 is 1. The van der Waals surface area contributed by atoms with Crippen LogP contribution in [0.25, 0.3) is 11.4 Å². The van der Waals surface area contributed by atoms with E-state index in [0.29, 0.717) is 11.5 Å². The van der Waals surface area contributed by atoms with Gasteiger partial charge in [-0.15, -0.1) is 10.2 Å². The number of ether oxygens (including phenoxy) is 1. The molecule has 1 heterocycles. The number of nitrogens with zero attached hydrogens (tertiary/aromatic N) is 3. The van der Waals surface area contributed by atoms with Gasteiger partial charge in [0.1, 0.15) is 11.5 Å². The fourth-order valence-electron chi connectivity index (χ4n) is 3.46. The molecule has 0 aliphatic heterocycles. The lowest BCUT2D eigenvalue weighted by molar-refractivity contribution is -0.121. The number of aromatic nitrogens is 3. The van der Waals surface area contributed by atoms with E-state index in [2.05, 4.69) is 28.6 Å². The molecule has 3 rings (SSSR count). The Labute approximate surface area is 159 Å². The molecule has 6 heteroatoms. The summed E-state index contributed by atoms with van der Waals surface area (Å²) in [4.78, 5) is 12.5. The van der Waals surface area contributed by atoms with Gasteiger partial charge in [0.15, 0.2) is 11.0 Å².